The molecule has 0 aliphatic rings. The number of carbonyl (C=O) groups is 1. The molecule has 0 aliphatic heterocycles. The molecular weight excluding hydrogens is 426 g/mol. The first kappa shape index (κ1) is 21.9. The first-order valence-corrected chi connectivity index (χ1v) is 10.0. The summed E-state index contributed by atoms with van der Waals surface area (Å²) in [5, 5.41) is 0.325. The monoisotopic (exact) mass is 449 g/mol. The lowest BCUT2D eigenvalue weighted by molar-refractivity contribution is 0.0601. The molecule has 0 N–H and O–H groups in total. The Kier molecular flexibility index (Phi) is 5.55. The number of ether oxygens (including phenoxy) is 3. The number of hydrogen-bond donors (Lipinski definition) is 0. The Hall–Kier alpha value is -4.27. The molecule has 0 bridgehead atoms. The maximum absolute atomic E-state index is 13.3. The van der Waals surface area contributed by atoms with Crippen molar-refractivity contribution in [1.29, 1.82) is 0 Å². The number of aryl methyl sites for hydroxylation is 1. The van der Waals surface area contributed by atoms with Crippen molar-refractivity contribution >= 4 is 16.9 Å². The van der Waals surface area contributed by atoms with Crippen LogP contribution in [0.3, 0.4) is 0 Å². The molecule has 2 aromatic heterocycles. The van der Waals surface area contributed by atoms with Crippen molar-refractivity contribution in [2.75, 3.05) is 21.3 Å². The Balaban J connectivity index is 2.20. The highest BCUT2D eigenvalue weighted by Crippen LogP contribution is 2.37. The highest BCUT2D eigenvalue weighted by Gasteiger charge is 2.23. The largest absolute Gasteiger partial charge is 0.493 e. The highest BCUT2D eigenvalue weighted by atomic mass is 16.5. The standard InChI is InChI=1S/C24H23N3O6/c1-25-17-13-27(16-9-7-6-8-15(16)23(29)33-5)21(20(17)22(28)26(2)24(25)30)14-10-11-18(31-3)19(12-14)32-4/h6-13H,1-5H3. The van der Waals surface area contributed by atoms with Crippen LogP contribution in [-0.4, -0.2) is 41.0 Å². The summed E-state index contributed by atoms with van der Waals surface area (Å²) in [6.07, 6.45) is 1.67. The van der Waals surface area contributed by atoms with E-state index in [0.717, 1.165) is 4.57 Å². The number of esters is 1. The second-order valence-electron chi connectivity index (χ2n) is 7.39. The summed E-state index contributed by atoms with van der Waals surface area (Å²) in [6.45, 7) is 0. The van der Waals surface area contributed by atoms with Crippen LogP contribution in [0.2, 0.25) is 0 Å². The van der Waals surface area contributed by atoms with Crippen LogP contribution in [0.15, 0.2) is 58.3 Å². The first-order valence-electron chi connectivity index (χ1n) is 10.0. The van der Waals surface area contributed by atoms with E-state index in [1.54, 1.807) is 60.3 Å². The maximum atomic E-state index is 13.3. The van der Waals surface area contributed by atoms with Crippen molar-refractivity contribution in [2.45, 2.75) is 0 Å². The number of aromatic nitrogens is 3. The zero-order valence-corrected chi connectivity index (χ0v) is 18.9. The van der Waals surface area contributed by atoms with Gasteiger partial charge in [0.15, 0.2) is 11.5 Å². The fraction of sp³-hybridized carbons (Fsp3) is 0.208. The molecule has 0 radical (unpaired) electrons. The summed E-state index contributed by atoms with van der Waals surface area (Å²) in [4.78, 5) is 38.4. The molecule has 0 aliphatic carbocycles. The molecule has 0 spiro atoms. The molecule has 33 heavy (non-hydrogen) atoms. The van der Waals surface area contributed by atoms with Crippen LogP contribution < -0.4 is 20.7 Å². The summed E-state index contributed by atoms with van der Waals surface area (Å²) in [5.74, 6) is 0.473. The summed E-state index contributed by atoms with van der Waals surface area (Å²) in [6, 6.07) is 12.2. The van der Waals surface area contributed by atoms with Gasteiger partial charge in [0.1, 0.15) is 0 Å². The van der Waals surface area contributed by atoms with Gasteiger partial charge in [0.25, 0.3) is 5.56 Å². The lowest BCUT2D eigenvalue weighted by Crippen LogP contribution is -2.36. The summed E-state index contributed by atoms with van der Waals surface area (Å²) >= 11 is 0. The number of para-hydroxylation sites is 1. The third-order valence-corrected chi connectivity index (χ3v) is 5.66. The first-order chi connectivity index (χ1) is 15.8. The van der Waals surface area contributed by atoms with Crippen LogP contribution in [0.4, 0.5) is 0 Å². The topological polar surface area (TPSA) is 93.7 Å². The van der Waals surface area contributed by atoms with Crippen molar-refractivity contribution in [3.8, 4) is 28.4 Å². The predicted molar refractivity (Wildman–Crippen MR) is 124 cm³/mol. The van der Waals surface area contributed by atoms with Crippen molar-refractivity contribution < 1.29 is 19.0 Å². The lowest BCUT2D eigenvalue weighted by atomic mass is 10.1. The minimum absolute atomic E-state index is 0.309. The quantitative estimate of drug-likeness (QED) is 0.435. The van der Waals surface area contributed by atoms with E-state index in [2.05, 4.69) is 0 Å². The minimum atomic E-state index is -0.525. The zero-order valence-electron chi connectivity index (χ0n) is 18.9. The number of nitrogens with zero attached hydrogens (tertiary/aromatic N) is 3. The number of benzene rings is 2. The molecule has 2 aromatic carbocycles. The van der Waals surface area contributed by atoms with Gasteiger partial charge in [-0.15, -0.1) is 0 Å². The Morgan fingerprint density at radius 1 is 0.879 bits per heavy atom. The fourth-order valence-corrected chi connectivity index (χ4v) is 3.96. The smallest absolute Gasteiger partial charge is 0.339 e. The Bertz CT molecular complexity index is 1510. The van der Waals surface area contributed by atoms with Crippen LogP contribution >= 0.6 is 0 Å². The number of hydrogen-bond acceptors (Lipinski definition) is 6. The van der Waals surface area contributed by atoms with Gasteiger partial charge in [-0.1, -0.05) is 12.1 Å². The zero-order chi connectivity index (χ0) is 23.9. The summed E-state index contributed by atoms with van der Waals surface area (Å²) in [7, 11) is 7.39. The van der Waals surface area contributed by atoms with Gasteiger partial charge in [-0.25, -0.2) is 9.59 Å². The molecule has 9 heteroatoms. The third kappa shape index (κ3) is 3.38. The van der Waals surface area contributed by atoms with Crippen LogP contribution in [0.1, 0.15) is 10.4 Å². The van der Waals surface area contributed by atoms with Crippen LogP contribution in [0.25, 0.3) is 27.8 Å². The molecule has 0 saturated carbocycles. The number of fused-ring (bicyclic) bond motifs is 1. The van der Waals surface area contributed by atoms with E-state index in [1.807, 2.05) is 0 Å². The van der Waals surface area contributed by atoms with E-state index in [9.17, 15) is 14.4 Å². The second kappa shape index (κ2) is 8.34. The van der Waals surface area contributed by atoms with Crippen LogP contribution in [-0.2, 0) is 18.8 Å². The lowest BCUT2D eigenvalue weighted by Gasteiger charge is -2.15. The maximum Gasteiger partial charge on any atom is 0.339 e. The van der Waals surface area contributed by atoms with E-state index in [4.69, 9.17) is 14.2 Å². The molecule has 9 nitrogen and oxygen atoms in total. The summed E-state index contributed by atoms with van der Waals surface area (Å²) in [5.41, 5.74) is 1.46. The molecule has 0 saturated heterocycles. The van der Waals surface area contributed by atoms with Gasteiger partial charge in [0.05, 0.1) is 49.2 Å². The normalized spacial score (nSPS) is 10.9. The van der Waals surface area contributed by atoms with Gasteiger partial charge < -0.3 is 18.8 Å². The number of rotatable bonds is 5. The van der Waals surface area contributed by atoms with Crippen molar-refractivity contribution in [2.24, 2.45) is 14.1 Å². The molecule has 0 atom stereocenters. The number of carbonyl (C=O) groups excluding carboxylic acids is 1. The Labute approximate surface area is 189 Å². The average molecular weight is 449 g/mol. The molecule has 0 fully saturated rings. The van der Waals surface area contributed by atoms with Gasteiger partial charge in [-0.3, -0.25) is 13.9 Å². The Morgan fingerprint density at radius 3 is 2.24 bits per heavy atom. The van der Waals surface area contributed by atoms with Crippen molar-refractivity contribution in [3.05, 3.63) is 75.1 Å². The van der Waals surface area contributed by atoms with Gasteiger partial charge in [-0.2, -0.15) is 0 Å². The average Bonchev–Trinajstić information content (AvgIpc) is 3.25. The second-order valence-corrected chi connectivity index (χ2v) is 7.39. The SMILES string of the molecule is COC(=O)c1ccccc1-n1cc2c(c1-c1ccc(OC)c(OC)c1)c(=O)n(C)c(=O)n2C. The molecule has 4 aromatic rings. The van der Waals surface area contributed by atoms with E-state index in [1.165, 1.54) is 32.9 Å². The fourth-order valence-electron chi connectivity index (χ4n) is 3.96. The highest BCUT2D eigenvalue weighted by molar-refractivity contribution is 5.98. The van der Waals surface area contributed by atoms with Crippen molar-refractivity contribution in [3.63, 3.8) is 0 Å². The summed E-state index contributed by atoms with van der Waals surface area (Å²) < 4.78 is 20.0. The van der Waals surface area contributed by atoms with Gasteiger partial charge in [-0.05, 0) is 30.3 Å². The minimum Gasteiger partial charge on any atom is -0.493 e. The van der Waals surface area contributed by atoms with E-state index in [0.29, 0.717) is 44.9 Å². The molecule has 4 rings (SSSR count). The predicted octanol–water partition coefficient (Wildman–Crippen LogP) is 2.50. The van der Waals surface area contributed by atoms with E-state index in [-0.39, 0.29) is 0 Å². The van der Waals surface area contributed by atoms with Gasteiger partial charge in [0, 0.05) is 25.9 Å². The number of methoxy groups -OCH3 is 3. The molecule has 0 amide bonds. The van der Waals surface area contributed by atoms with Crippen LogP contribution in [0.5, 0.6) is 11.5 Å². The van der Waals surface area contributed by atoms with Crippen LogP contribution in [0, 0.1) is 0 Å². The third-order valence-electron chi connectivity index (χ3n) is 5.66. The molecule has 2 heterocycles. The van der Waals surface area contributed by atoms with E-state index >= 15 is 0 Å². The molecule has 170 valence electrons. The van der Waals surface area contributed by atoms with Gasteiger partial charge in [0.2, 0.25) is 0 Å². The Morgan fingerprint density at radius 2 is 1.58 bits per heavy atom. The van der Waals surface area contributed by atoms with Crippen molar-refractivity contribution in [1.82, 2.24) is 13.7 Å². The van der Waals surface area contributed by atoms with Gasteiger partial charge >= 0.3 is 11.7 Å². The van der Waals surface area contributed by atoms with E-state index < -0.39 is 17.2 Å². The molecular formula is C24H23N3O6. The molecule has 0 unspecified atom stereocenters.